The second kappa shape index (κ2) is 23.8. The van der Waals surface area contributed by atoms with Gasteiger partial charge >= 0.3 is 64.0 Å². The first kappa shape index (κ1) is 52.8. The maximum atomic E-state index is 11.4. The number of aromatic carboxylic acids is 2. The number of nitrogens with zero attached hydrogens (tertiary/aromatic N) is 8. The Morgan fingerprint density at radius 2 is 0.556 bits per heavy atom. The molecule has 20 nitrogen and oxygen atoms in total. The summed E-state index contributed by atoms with van der Waals surface area (Å²) in [5.74, 6) is -3.90. The van der Waals surface area contributed by atoms with Gasteiger partial charge in [0.2, 0.25) is 0 Å². The van der Waals surface area contributed by atoms with E-state index in [1.54, 1.807) is 48.5 Å². The van der Waals surface area contributed by atoms with Crippen LogP contribution >= 0.6 is 0 Å². The predicted octanol–water partition coefficient (Wildman–Crippen LogP) is 7.24. The van der Waals surface area contributed by atoms with Gasteiger partial charge in [0.15, 0.2) is 0 Å². The molecular weight excluding hydrogens is 906 g/mol. The van der Waals surface area contributed by atoms with Gasteiger partial charge in [-0.2, -0.15) is 40.9 Å². The fourth-order valence-electron chi connectivity index (χ4n) is 4.49. The van der Waals surface area contributed by atoms with Crippen molar-refractivity contribution in [2.75, 3.05) is 0 Å². The minimum absolute atomic E-state index is 0. The van der Waals surface area contributed by atoms with E-state index in [1.807, 2.05) is 0 Å². The second-order valence-corrected chi connectivity index (χ2v) is 14.5. The van der Waals surface area contributed by atoms with E-state index in [0.717, 1.165) is 48.5 Å². The average molecular weight is 930 g/mol. The normalized spacial score (nSPS) is 11.3. The van der Waals surface area contributed by atoms with Gasteiger partial charge in [0.05, 0.1) is 66.4 Å². The fraction of sp³-hybridized carbons (Fsp3) is 0. The van der Waals surface area contributed by atoms with Gasteiger partial charge in [0, 0.05) is 0 Å². The maximum Gasteiger partial charge on any atom is 3.00 e. The van der Waals surface area contributed by atoms with Crippen molar-refractivity contribution in [3.8, 4) is 11.5 Å². The molecule has 304 valence electrons. The van der Waals surface area contributed by atoms with E-state index in [4.69, 9.17) is 10.2 Å². The molecule has 0 atom stereocenters. The molecule has 0 spiro atoms. The molecule has 0 saturated heterocycles. The number of hydrogen-bond donors (Lipinski definition) is 2. The molecule has 6 aromatic rings. The van der Waals surface area contributed by atoms with Crippen LogP contribution in [0.4, 0.5) is 45.5 Å². The summed E-state index contributed by atoms with van der Waals surface area (Å²) in [6.45, 7) is 0. The number of benzene rings is 6. The molecule has 0 bridgehead atoms. The van der Waals surface area contributed by atoms with Crippen LogP contribution in [0.1, 0.15) is 20.7 Å². The number of hydrogen-bond acceptors (Lipinski definition) is 18. The Morgan fingerprint density at radius 1 is 0.365 bits per heavy atom. The van der Waals surface area contributed by atoms with Gasteiger partial charge in [0.25, 0.3) is 0 Å². The van der Waals surface area contributed by atoms with E-state index < -0.39 is 43.7 Å². The summed E-state index contributed by atoms with van der Waals surface area (Å²) in [5.41, 5.74) is 2.29. The van der Waals surface area contributed by atoms with Gasteiger partial charge in [-0.3, -0.25) is 0 Å². The van der Waals surface area contributed by atoms with Crippen LogP contribution in [0.25, 0.3) is 0 Å². The molecule has 0 saturated carbocycles. The van der Waals surface area contributed by atoms with E-state index >= 15 is 0 Å². The van der Waals surface area contributed by atoms with Crippen LogP contribution in [-0.4, -0.2) is 100 Å². The van der Waals surface area contributed by atoms with Crippen molar-refractivity contribution in [1.82, 2.24) is 0 Å². The van der Waals surface area contributed by atoms with Crippen LogP contribution in [0, 0.1) is 0 Å². The molecule has 63 heavy (non-hydrogen) atoms. The van der Waals surface area contributed by atoms with Crippen LogP contribution < -0.4 is 10.2 Å². The molecule has 6 rings (SSSR count). The number of rotatable bonds is 12. The first-order valence-corrected chi connectivity index (χ1v) is 19.3. The van der Waals surface area contributed by atoms with Gasteiger partial charge in [-0.05, 0) is 121 Å². The SMILES string of the molecule is O=C(O)c1cc(N=Nc2ccc(N=Nc3ccc(S(=O)(=O)[O-])cc3)cc2)ccc1[O-].O=C(O)c1cc(N=Nc2ccc(N=Nc3ccc(S(=O)(=O)[O-])cc3)cc2)ccc1[O-].[Al+3].[Al+3].[Al+3]. The minimum atomic E-state index is -4.51. The van der Waals surface area contributed by atoms with Crippen molar-refractivity contribution in [2.45, 2.75) is 9.79 Å². The van der Waals surface area contributed by atoms with Gasteiger partial charge in [-0.15, -0.1) is 0 Å². The molecule has 0 unspecified atom stereocenters. The Hall–Kier alpha value is -6.32. The molecule has 2 N–H and O–H groups in total. The standard InChI is InChI=1S/2C19H14N4O6S.3Al/c2*24-18-10-7-15(11-17(18)19(25)26)23-22-13-3-1-12(2-4-13)20-21-14-5-8-16(9-6-14)30(27,28)29;;;/h2*1-11,24H,(H,25,26)(H,27,28,29);;;/q;;3*+3/p-4. The number of carboxylic acid groups (broad SMARTS) is 2. The molecule has 0 radical (unpaired) electrons. The monoisotopic (exact) mass is 929 g/mol. The van der Waals surface area contributed by atoms with Gasteiger partial charge < -0.3 is 29.5 Å². The van der Waals surface area contributed by atoms with Crippen molar-refractivity contribution in [2.24, 2.45) is 40.9 Å². The average Bonchev–Trinajstić information content (AvgIpc) is 3.22. The Bertz CT molecular complexity index is 2690. The van der Waals surface area contributed by atoms with E-state index in [-0.39, 0.29) is 84.4 Å². The third kappa shape index (κ3) is 16.1. The Labute approximate surface area is 390 Å². The smallest absolute Gasteiger partial charge is 0.872 e. The molecule has 0 aliphatic heterocycles. The van der Waals surface area contributed by atoms with Crippen LogP contribution in [0.3, 0.4) is 0 Å². The summed E-state index contributed by atoms with van der Waals surface area (Å²) in [4.78, 5) is 21.3. The minimum Gasteiger partial charge on any atom is -0.872 e. The molecule has 6 aromatic carbocycles. The van der Waals surface area contributed by atoms with Crippen molar-refractivity contribution in [3.05, 3.63) is 145 Å². The Morgan fingerprint density at radius 3 is 0.762 bits per heavy atom. The molecular formula is C38H24Al3N8O12S2+5. The predicted molar refractivity (Wildman–Crippen MR) is 221 cm³/mol. The maximum absolute atomic E-state index is 11.4. The van der Waals surface area contributed by atoms with E-state index in [1.165, 1.54) is 36.4 Å². The van der Waals surface area contributed by atoms with Crippen LogP contribution in [-0.2, 0) is 20.2 Å². The molecule has 25 heteroatoms. The number of carbonyl (C=O) groups is 2. The van der Waals surface area contributed by atoms with Crippen LogP contribution in [0.15, 0.2) is 184 Å². The molecule has 0 aliphatic rings. The number of carboxylic acids is 2. The van der Waals surface area contributed by atoms with Gasteiger partial charge in [0.1, 0.15) is 20.2 Å². The zero-order chi connectivity index (χ0) is 43.5. The van der Waals surface area contributed by atoms with Crippen LogP contribution in [0.5, 0.6) is 11.5 Å². The summed E-state index contributed by atoms with van der Waals surface area (Å²) in [7, 11) is -9.02. The second-order valence-electron chi connectivity index (χ2n) is 11.7. The zero-order valence-electron chi connectivity index (χ0n) is 31.8. The summed E-state index contributed by atoms with van der Waals surface area (Å²) in [6.07, 6.45) is 0. The first-order valence-electron chi connectivity index (χ1n) is 16.5. The summed E-state index contributed by atoms with van der Waals surface area (Å²) < 4.78 is 65.4. The van der Waals surface area contributed by atoms with E-state index in [2.05, 4.69) is 40.9 Å². The van der Waals surface area contributed by atoms with E-state index in [0.29, 0.717) is 34.1 Å². The quantitative estimate of drug-likeness (QED) is 0.0696. The molecule has 0 fully saturated rings. The topological polar surface area (TPSA) is 334 Å². The van der Waals surface area contributed by atoms with Crippen molar-refractivity contribution in [1.29, 1.82) is 0 Å². The Kier molecular flexibility index (Phi) is 19.9. The molecule has 0 amide bonds. The largest absolute Gasteiger partial charge is 3.00 e. The van der Waals surface area contributed by atoms with Gasteiger partial charge in [-0.25, -0.2) is 26.4 Å². The van der Waals surface area contributed by atoms with Crippen molar-refractivity contribution < 1.29 is 56.0 Å². The van der Waals surface area contributed by atoms with E-state index in [9.17, 15) is 45.7 Å². The first-order chi connectivity index (χ1) is 28.4. The molecule has 0 aliphatic carbocycles. The summed E-state index contributed by atoms with van der Waals surface area (Å²) in [6, 6.07) is 30.1. The summed E-state index contributed by atoms with van der Waals surface area (Å²) >= 11 is 0. The summed E-state index contributed by atoms with van der Waals surface area (Å²) in [5, 5.41) is 72.4. The third-order valence-electron chi connectivity index (χ3n) is 7.46. The fourth-order valence-corrected chi connectivity index (χ4v) is 5.43. The van der Waals surface area contributed by atoms with Crippen LogP contribution in [0.2, 0.25) is 0 Å². The van der Waals surface area contributed by atoms with Crippen molar-refractivity contribution >= 4 is 130 Å². The zero-order valence-corrected chi connectivity index (χ0v) is 36.9. The van der Waals surface area contributed by atoms with Gasteiger partial charge in [-0.1, -0.05) is 23.6 Å². The molecule has 0 heterocycles. The molecule has 0 aromatic heterocycles. The van der Waals surface area contributed by atoms with Crippen molar-refractivity contribution in [3.63, 3.8) is 0 Å². The third-order valence-corrected chi connectivity index (χ3v) is 9.16. The number of azo groups is 4. The Balaban J connectivity index is 0.000000414.